The summed E-state index contributed by atoms with van der Waals surface area (Å²) in [6.07, 6.45) is 1.22. The van der Waals surface area contributed by atoms with Crippen molar-refractivity contribution in [2.75, 3.05) is 12.4 Å². The Morgan fingerprint density at radius 1 is 1.18 bits per heavy atom. The zero-order chi connectivity index (χ0) is 15.5. The van der Waals surface area contributed by atoms with Crippen LogP contribution in [0.15, 0.2) is 41.3 Å². The highest BCUT2D eigenvalue weighted by Gasteiger charge is 2.15. The number of benzene rings is 2. The van der Waals surface area contributed by atoms with E-state index in [0.717, 1.165) is 22.6 Å². The fourth-order valence-electron chi connectivity index (χ4n) is 2.22. The SMILES string of the molecule is COc1cc(SOc2ccc3c(c2)CCC(=O)N3)ccc1O. The van der Waals surface area contributed by atoms with Gasteiger partial charge in [0.05, 0.1) is 24.0 Å². The molecule has 0 radical (unpaired) electrons. The first-order valence-corrected chi connectivity index (χ1v) is 7.54. The number of carbonyl (C=O) groups excluding carboxylic acids is 1. The van der Waals surface area contributed by atoms with E-state index in [1.54, 1.807) is 18.2 Å². The van der Waals surface area contributed by atoms with Crippen LogP contribution in [0.5, 0.6) is 17.2 Å². The Morgan fingerprint density at radius 2 is 2.05 bits per heavy atom. The highest BCUT2D eigenvalue weighted by molar-refractivity contribution is 7.95. The van der Waals surface area contributed by atoms with E-state index in [2.05, 4.69) is 5.32 Å². The van der Waals surface area contributed by atoms with E-state index < -0.39 is 0 Å². The first kappa shape index (κ1) is 14.6. The molecule has 2 aromatic rings. The number of methoxy groups -OCH3 is 1. The Labute approximate surface area is 132 Å². The van der Waals surface area contributed by atoms with Gasteiger partial charge in [0.1, 0.15) is 5.75 Å². The predicted octanol–water partition coefficient (Wildman–Crippen LogP) is 3.37. The molecule has 0 unspecified atom stereocenters. The van der Waals surface area contributed by atoms with Crippen molar-refractivity contribution in [2.24, 2.45) is 0 Å². The van der Waals surface area contributed by atoms with E-state index in [9.17, 15) is 9.90 Å². The molecule has 1 aliphatic rings. The van der Waals surface area contributed by atoms with Crippen molar-refractivity contribution >= 4 is 23.6 Å². The minimum atomic E-state index is 0.0479. The van der Waals surface area contributed by atoms with Gasteiger partial charge >= 0.3 is 0 Å². The van der Waals surface area contributed by atoms with Crippen LogP contribution in [-0.4, -0.2) is 18.1 Å². The molecule has 0 bridgehead atoms. The van der Waals surface area contributed by atoms with Crippen molar-refractivity contribution in [3.8, 4) is 17.2 Å². The lowest BCUT2D eigenvalue weighted by molar-refractivity contribution is -0.116. The van der Waals surface area contributed by atoms with Gasteiger partial charge in [0.25, 0.3) is 0 Å². The molecule has 0 atom stereocenters. The molecule has 2 aromatic carbocycles. The average Bonchev–Trinajstić information content (AvgIpc) is 2.54. The number of hydrogen-bond donors (Lipinski definition) is 2. The molecule has 3 rings (SSSR count). The highest BCUT2D eigenvalue weighted by Crippen LogP contribution is 2.33. The fourth-order valence-corrected chi connectivity index (χ4v) is 2.79. The minimum absolute atomic E-state index is 0.0479. The third kappa shape index (κ3) is 3.12. The van der Waals surface area contributed by atoms with E-state index in [0.29, 0.717) is 17.9 Å². The molecule has 0 saturated carbocycles. The van der Waals surface area contributed by atoms with Crippen LogP contribution in [0.1, 0.15) is 12.0 Å². The second-order valence-electron chi connectivity index (χ2n) is 4.87. The summed E-state index contributed by atoms with van der Waals surface area (Å²) in [7, 11) is 1.50. The maximum absolute atomic E-state index is 11.3. The second kappa shape index (κ2) is 6.19. The topological polar surface area (TPSA) is 67.8 Å². The Balaban J connectivity index is 1.70. The maximum Gasteiger partial charge on any atom is 0.224 e. The lowest BCUT2D eigenvalue weighted by atomic mass is 10.0. The van der Waals surface area contributed by atoms with E-state index in [1.165, 1.54) is 19.2 Å². The number of phenols is 1. The zero-order valence-corrected chi connectivity index (χ0v) is 12.8. The molecule has 22 heavy (non-hydrogen) atoms. The van der Waals surface area contributed by atoms with Crippen LogP contribution < -0.4 is 14.2 Å². The quantitative estimate of drug-likeness (QED) is 0.846. The molecule has 0 fully saturated rings. The van der Waals surface area contributed by atoms with E-state index in [-0.39, 0.29) is 11.7 Å². The summed E-state index contributed by atoms with van der Waals surface area (Å²) in [5.74, 6) is 1.26. The summed E-state index contributed by atoms with van der Waals surface area (Å²) in [5, 5.41) is 12.4. The summed E-state index contributed by atoms with van der Waals surface area (Å²) in [6.45, 7) is 0. The summed E-state index contributed by atoms with van der Waals surface area (Å²) < 4.78 is 10.8. The van der Waals surface area contributed by atoms with Crippen LogP contribution >= 0.6 is 12.0 Å². The molecule has 114 valence electrons. The molecular formula is C16H15NO4S. The molecule has 5 nitrogen and oxygen atoms in total. The van der Waals surface area contributed by atoms with Gasteiger partial charge in [0.2, 0.25) is 5.91 Å². The number of aromatic hydroxyl groups is 1. The summed E-state index contributed by atoms with van der Waals surface area (Å²) in [5.41, 5.74) is 1.92. The van der Waals surface area contributed by atoms with Gasteiger partial charge in [-0.05, 0) is 42.3 Å². The zero-order valence-electron chi connectivity index (χ0n) is 12.0. The number of aryl methyl sites for hydroxylation is 1. The highest BCUT2D eigenvalue weighted by atomic mass is 32.2. The van der Waals surface area contributed by atoms with Gasteiger partial charge in [-0.3, -0.25) is 4.79 Å². The monoisotopic (exact) mass is 317 g/mol. The minimum Gasteiger partial charge on any atom is -0.504 e. The number of rotatable bonds is 4. The number of hydrogen-bond acceptors (Lipinski definition) is 5. The van der Waals surface area contributed by atoms with Gasteiger partial charge in [-0.15, -0.1) is 0 Å². The molecule has 1 heterocycles. The van der Waals surface area contributed by atoms with Crippen LogP contribution in [0, 0.1) is 0 Å². The Morgan fingerprint density at radius 3 is 2.86 bits per heavy atom. The predicted molar refractivity (Wildman–Crippen MR) is 84.5 cm³/mol. The van der Waals surface area contributed by atoms with E-state index in [4.69, 9.17) is 8.92 Å². The Bertz CT molecular complexity index is 717. The summed E-state index contributed by atoms with van der Waals surface area (Å²) in [4.78, 5) is 12.2. The molecule has 0 saturated heterocycles. The number of fused-ring (bicyclic) bond motifs is 1. The van der Waals surface area contributed by atoms with Crippen molar-refractivity contribution in [3.05, 3.63) is 42.0 Å². The molecule has 1 aliphatic heterocycles. The van der Waals surface area contributed by atoms with Crippen LogP contribution in [0.25, 0.3) is 0 Å². The lowest BCUT2D eigenvalue weighted by Gasteiger charge is -2.17. The summed E-state index contributed by atoms with van der Waals surface area (Å²) >= 11 is 1.18. The standard InChI is InChI=1S/C16H15NO4S/c1-20-15-9-12(4-6-14(15)18)22-21-11-3-5-13-10(8-11)2-7-16(19)17-13/h3-6,8-9,18H,2,7H2,1H3,(H,17,19). The number of phenolic OH excluding ortho intramolecular Hbond substituents is 1. The van der Waals surface area contributed by atoms with Crippen LogP contribution in [0.3, 0.4) is 0 Å². The first-order valence-electron chi connectivity index (χ1n) is 6.80. The number of amides is 1. The molecule has 0 aliphatic carbocycles. The van der Waals surface area contributed by atoms with Crippen LogP contribution in [-0.2, 0) is 11.2 Å². The fraction of sp³-hybridized carbons (Fsp3) is 0.188. The third-order valence-corrected chi connectivity index (χ3v) is 4.08. The summed E-state index contributed by atoms with van der Waals surface area (Å²) in [6, 6.07) is 10.6. The van der Waals surface area contributed by atoms with Crippen LogP contribution in [0.2, 0.25) is 0 Å². The molecule has 2 N–H and O–H groups in total. The Hall–Kier alpha value is -2.34. The molecular weight excluding hydrogens is 302 g/mol. The van der Waals surface area contributed by atoms with Crippen molar-refractivity contribution in [2.45, 2.75) is 17.7 Å². The van der Waals surface area contributed by atoms with Gasteiger partial charge in [0.15, 0.2) is 11.5 Å². The smallest absolute Gasteiger partial charge is 0.224 e. The van der Waals surface area contributed by atoms with E-state index in [1.807, 2.05) is 18.2 Å². The maximum atomic E-state index is 11.3. The largest absolute Gasteiger partial charge is 0.504 e. The first-order chi connectivity index (χ1) is 10.7. The van der Waals surface area contributed by atoms with Gasteiger partial charge < -0.3 is 19.3 Å². The number of anilines is 1. The molecule has 1 amide bonds. The number of carbonyl (C=O) groups is 1. The second-order valence-corrected chi connectivity index (χ2v) is 5.67. The van der Waals surface area contributed by atoms with Crippen molar-refractivity contribution < 1.29 is 18.8 Å². The molecule has 6 heteroatoms. The third-order valence-electron chi connectivity index (χ3n) is 3.36. The normalized spacial score (nSPS) is 13.2. The van der Waals surface area contributed by atoms with Crippen molar-refractivity contribution in [3.63, 3.8) is 0 Å². The number of ether oxygens (including phenoxy) is 1. The van der Waals surface area contributed by atoms with Gasteiger partial charge in [-0.1, -0.05) is 0 Å². The van der Waals surface area contributed by atoms with Gasteiger partial charge in [-0.2, -0.15) is 0 Å². The van der Waals surface area contributed by atoms with Gasteiger partial charge in [-0.25, -0.2) is 0 Å². The average molecular weight is 317 g/mol. The van der Waals surface area contributed by atoms with Crippen molar-refractivity contribution in [1.82, 2.24) is 0 Å². The van der Waals surface area contributed by atoms with Crippen LogP contribution in [0.4, 0.5) is 5.69 Å². The molecule has 0 aromatic heterocycles. The van der Waals surface area contributed by atoms with Crippen molar-refractivity contribution in [1.29, 1.82) is 0 Å². The molecule has 0 spiro atoms. The number of nitrogens with one attached hydrogen (secondary N) is 1. The lowest BCUT2D eigenvalue weighted by Crippen LogP contribution is -2.18. The van der Waals surface area contributed by atoms with Gasteiger partial charge in [0, 0.05) is 18.2 Å². The van der Waals surface area contributed by atoms with E-state index >= 15 is 0 Å². The Kier molecular flexibility index (Phi) is 4.11.